The van der Waals surface area contributed by atoms with E-state index in [4.69, 9.17) is 10.5 Å². The van der Waals surface area contributed by atoms with Crippen LogP contribution in [0.15, 0.2) is 36.4 Å². The Balaban J connectivity index is 1.98. The molecular weight excluding hydrogens is 240 g/mol. The molecule has 0 bridgehead atoms. The number of benzene rings is 1. The van der Waals surface area contributed by atoms with E-state index in [9.17, 15) is 4.79 Å². The standard InChI is InChI=1S/C15H20N2O2/c1-10(11-4-3-5-14(9-11)19-2)17-15(18)12-6-7-13(16)8-12/h3-7,9-10,12-13H,8,16H2,1-2H3,(H,17,18)/t10-,12?,13?/m0/s1. The van der Waals surface area contributed by atoms with Crippen molar-refractivity contribution in [1.82, 2.24) is 5.32 Å². The van der Waals surface area contributed by atoms with E-state index in [-0.39, 0.29) is 23.9 Å². The summed E-state index contributed by atoms with van der Waals surface area (Å²) in [6.07, 6.45) is 4.47. The van der Waals surface area contributed by atoms with Gasteiger partial charge in [-0.05, 0) is 31.0 Å². The van der Waals surface area contributed by atoms with E-state index in [2.05, 4.69) is 5.32 Å². The van der Waals surface area contributed by atoms with Crippen molar-refractivity contribution >= 4 is 5.91 Å². The third-order valence-corrected chi connectivity index (χ3v) is 3.41. The first-order valence-electron chi connectivity index (χ1n) is 6.48. The van der Waals surface area contributed by atoms with Gasteiger partial charge in [0.1, 0.15) is 5.75 Å². The van der Waals surface area contributed by atoms with Gasteiger partial charge in [-0.25, -0.2) is 0 Å². The molecule has 0 radical (unpaired) electrons. The van der Waals surface area contributed by atoms with E-state index in [0.29, 0.717) is 6.42 Å². The zero-order chi connectivity index (χ0) is 13.8. The van der Waals surface area contributed by atoms with Crippen LogP contribution < -0.4 is 15.8 Å². The molecule has 1 aromatic rings. The number of carbonyl (C=O) groups excluding carboxylic acids is 1. The largest absolute Gasteiger partial charge is 0.497 e. The first kappa shape index (κ1) is 13.6. The smallest absolute Gasteiger partial charge is 0.227 e. The number of hydrogen-bond donors (Lipinski definition) is 2. The number of methoxy groups -OCH3 is 1. The Hall–Kier alpha value is -1.81. The lowest BCUT2D eigenvalue weighted by molar-refractivity contribution is -0.124. The average molecular weight is 260 g/mol. The van der Waals surface area contributed by atoms with E-state index in [1.54, 1.807) is 7.11 Å². The number of rotatable bonds is 4. The van der Waals surface area contributed by atoms with Crippen molar-refractivity contribution in [3.05, 3.63) is 42.0 Å². The summed E-state index contributed by atoms with van der Waals surface area (Å²) >= 11 is 0. The molecule has 0 spiro atoms. The van der Waals surface area contributed by atoms with Crippen LogP contribution in [0.5, 0.6) is 5.75 Å². The number of ether oxygens (including phenoxy) is 1. The fourth-order valence-electron chi connectivity index (χ4n) is 2.24. The van der Waals surface area contributed by atoms with E-state index in [1.165, 1.54) is 0 Å². The molecule has 2 rings (SSSR count). The zero-order valence-electron chi connectivity index (χ0n) is 11.3. The molecule has 1 aliphatic rings. The van der Waals surface area contributed by atoms with Crippen LogP contribution in [-0.4, -0.2) is 19.1 Å². The van der Waals surface area contributed by atoms with Crippen molar-refractivity contribution in [2.75, 3.05) is 7.11 Å². The Labute approximate surface area is 113 Å². The summed E-state index contributed by atoms with van der Waals surface area (Å²) in [6.45, 7) is 1.96. The predicted octanol–water partition coefficient (Wildman–Crippen LogP) is 1.78. The first-order chi connectivity index (χ1) is 9.10. The minimum absolute atomic E-state index is 0.00266. The molecule has 0 aromatic heterocycles. The molecule has 0 saturated carbocycles. The highest BCUT2D eigenvalue weighted by Crippen LogP contribution is 2.21. The maximum absolute atomic E-state index is 12.1. The summed E-state index contributed by atoms with van der Waals surface area (Å²) in [5, 5.41) is 3.01. The first-order valence-corrected chi connectivity index (χ1v) is 6.48. The maximum Gasteiger partial charge on any atom is 0.227 e. The number of nitrogens with one attached hydrogen (secondary N) is 1. The molecule has 4 nitrogen and oxygen atoms in total. The number of hydrogen-bond acceptors (Lipinski definition) is 3. The van der Waals surface area contributed by atoms with Crippen molar-refractivity contribution < 1.29 is 9.53 Å². The van der Waals surface area contributed by atoms with Gasteiger partial charge in [-0.2, -0.15) is 0 Å². The lowest BCUT2D eigenvalue weighted by atomic mass is 10.0. The highest BCUT2D eigenvalue weighted by molar-refractivity contribution is 5.81. The molecule has 19 heavy (non-hydrogen) atoms. The van der Waals surface area contributed by atoms with Crippen LogP contribution in [0.3, 0.4) is 0 Å². The van der Waals surface area contributed by atoms with E-state index < -0.39 is 0 Å². The number of nitrogens with two attached hydrogens (primary N) is 1. The van der Waals surface area contributed by atoms with E-state index in [1.807, 2.05) is 43.3 Å². The summed E-state index contributed by atoms with van der Waals surface area (Å²) in [4.78, 5) is 12.1. The molecule has 1 aromatic carbocycles. The highest BCUT2D eigenvalue weighted by Gasteiger charge is 2.23. The molecule has 4 heteroatoms. The highest BCUT2D eigenvalue weighted by atomic mass is 16.5. The second-order valence-corrected chi connectivity index (χ2v) is 4.90. The van der Waals surface area contributed by atoms with Gasteiger partial charge in [0.2, 0.25) is 5.91 Å². The van der Waals surface area contributed by atoms with Gasteiger partial charge in [-0.3, -0.25) is 4.79 Å². The summed E-state index contributed by atoms with van der Waals surface area (Å²) in [7, 11) is 1.63. The van der Waals surface area contributed by atoms with E-state index in [0.717, 1.165) is 11.3 Å². The van der Waals surface area contributed by atoms with Gasteiger partial charge in [0.15, 0.2) is 0 Å². The lowest BCUT2D eigenvalue weighted by Crippen LogP contribution is -2.32. The molecule has 3 atom stereocenters. The van der Waals surface area contributed by atoms with Crippen molar-refractivity contribution in [3.63, 3.8) is 0 Å². The molecule has 0 fully saturated rings. The monoisotopic (exact) mass is 260 g/mol. The normalized spacial score (nSPS) is 23.1. The zero-order valence-corrected chi connectivity index (χ0v) is 11.3. The quantitative estimate of drug-likeness (QED) is 0.811. The van der Waals surface area contributed by atoms with Crippen LogP contribution in [0, 0.1) is 5.92 Å². The van der Waals surface area contributed by atoms with Gasteiger partial charge in [-0.15, -0.1) is 0 Å². The molecule has 1 aliphatic carbocycles. The minimum Gasteiger partial charge on any atom is -0.497 e. The molecule has 3 N–H and O–H groups in total. The van der Waals surface area contributed by atoms with Gasteiger partial charge >= 0.3 is 0 Å². The Morgan fingerprint density at radius 3 is 2.89 bits per heavy atom. The van der Waals surface area contributed by atoms with Gasteiger partial charge < -0.3 is 15.8 Å². The summed E-state index contributed by atoms with van der Waals surface area (Å²) in [6, 6.07) is 7.67. The molecule has 0 saturated heterocycles. The van der Waals surface area contributed by atoms with Crippen molar-refractivity contribution in [3.8, 4) is 5.75 Å². The fraction of sp³-hybridized carbons (Fsp3) is 0.400. The second-order valence-electron chi connectivity index (χ2n) is 4.90. The van der Waals surface area contributed by atoms with Crippen LogP contribution >= 0.6 is 0 Å². The molecule has 0 aliphatic heterocycles. The Bertz CT molecular complexity index is 485. The van der Waals surface area contributed by atoms with Gasteiger partial charge in [-0.1, -0.05) is 24.3 Å². The summed E-state index contributed by atoms with van der Waals surface area (Å²) in [5.41, 5.74) is 6.79. The predicted molar refractivity (Wildman–Crippen MR) is 74.8 cm³/mol. The van der Waals surface area contributed by atoms with Crippen LogP contribution in [0.2, 0.25) is 0 Å². The van der Waals surface area contributed by atoms with Crippen LogP contribution in [-0.2, 0) is 4.79 Å². The van der Waals surface area contributed by atoms with Crippen molar-refractivity contribution in [2.45, 2.75) is 25.4 Å². The summed E-state index contributed by atoms with van der Waals surface area (Å²) in [5.74, 6) is 0.712. The molecule has 1 amide bonds. The Morgan fingerprint density at radius 2 is 2.26 bits per heavy atom. The van der Waals surface area contributed by atoms with Crippen LogP contribution in [0.1, 0.15) is 24.9 Å². The van der Waals surface area contributed by atoms with Crippen LogP contribution in [0.4, 0.5) is 0 Å². The Morgan fingerprint density at radius 1 is 1.47 bits per heavy atom. The molecule has 0 heterocycles. The lowest BCUT2D eigenvalue weighted by Gasteiger charge is -2.17. The average Bonchev–Trinajstić information content (AvgIpc) is 2.85. The van der Waals surface area contributed by atoms with Crippen molar-refractivity contribution in [1.29, 1.82) is 0 Å². The van der Waals surface area contributed by atoms with Gasteiger partial charge in [0, 0.05) is 6.04 Å². The van der Waals surface area contributed by atoms with Crippen molar-refractivity contribution in [2.24, 2.45) is 11.7 Å². The van der Waals surface area contributed by atoms with Gasteiger partial charge in [0.05, 0.1) is 19.1 Å². The Kier molecular flexibility index (Phi) is 4.22. The molecule has 2 unspecified atom stereocenters. The topological polar surface area (TPSA) is 64.3 Å². The fourth-order valence-corrected chi connectivity index (χ4v) is 2.24. The third kappa shape index (κ3) is 3.35. The molecule has 102 valence electrons. The summed E-state index contributed by atoms with van der Waals surface area (Å²) < 4.78 is 5.18. The van der Waals surface area contributed by atoms with Gasteiger partial charge in [0.25, 0.3) is 0 Å². The minimum atomic E-state index is -0.108. The molecular formula is C15H20N2O2. The maximum atomic E-state index is 12.1. The second kappa shape index (κ2) is 5.89. The van der Waals surface area contributed by atoms with E-state index >= 15 is 0 Å². The number of amides is 1. The third-order valence-electron chi connectivity index (χ3n) is 3.41. The SMILES string of the molecule is COc1cccc([C@H](C)NC(=O)C2C=CC(N)C2)c1. The van der Waals surface area contributed by atoms with Crippen LogP contribution in [0.25, 0.3) is 0 Å². The number of carbonyl (C=O) groups is 1.